The van der Waals surface area contributed by atoms with Gasteiger partial charge in [0.1, 0.15) is 5.82 Å². The first-order valence-corrected chi connectivity index (χ1v) is 6.33. The molecule has 1 saturated heterocycles. The molecule has 0 aromatic heterocycles. The molecule has 2 amide bonds. The van der Waals surface area contributed by atoms with Gasteiger partial charge in [-0.1, -0.05) is 13.8 Å². The highest BCUT2D eigenvalue weighted by molar-refractivity contribution is 5.98. The summed E-state index contributed by atoms with van der Waals surface area (Å²) in [4.78, 5) is 25.2. The van der Waals surface area contributed by atoms with Gasteiger partial charge in [-0.25, -0.2) is 4.39 Å². The summed E-state index contributed by atoms with van der Waals surface area (Å²) in [5.41, 5.74) is 0.296. The topological polar surface area (TPSA) is 61.2 Å². The van der Waals surface area contributed by atoms with Crippen molar-refractivity contribution >= 4 is 11.8 Å². The number of hydrogen-bond donors (Lipinski definition) is 0. The van der Waals surface area contributed by atoms with E-state index in [4.69, 9.17) is 5.26 Å². The summed E-state index contributed by atoms with van der Waals surface area (Å²) in [6, 6.07) is 5.70. The SMILES string of the molecule is CC1(C)CC(=O)N(Cc2cc(F)cc(C#N)c2)C(=O)C1. The summed E-state index contributed by atoms with van der Waals surface area (Å²) < 4.78 is 13.3. The summed E-state index contributed by atoms with van der Waals surface area (Å²) in [7, 11) is 0. The van der Waals surface area contributed by atoms with Crippen molar-refractivity contribution in [3.05, 3.63) is 35.1 Å². The number of likely N-dealkylation sites (tertiary alicyclic amines) is 1. The van der Waals surface area contributed by atoms with Crippen molar-refractivity contribution in [2.45, 2.75) is 33.2 Å². The molecule has 0 bridgehead atoms. The lowest BCUT2D eigenvalue weighted by molar-refractivity contribution is -0.153. The standard InChI is InChI=1S/C15H15FN2O2/c1-15(2)6-13(19)18(14(20)7-15)9-11-3-10(8-17)4-12(16)5-11/h3-5H,6-7,9H2,1-2H3. The minimum Gasteiger partial charge on any atom is -0.278 e. The molecule has 1 aromatic carbocycles. The molecule has 0 spiro atoms. The number of amides is 2. The Hall–Kier alpha value is -2.22. The van der Waals surface area contributed by atoms with Crippen molar-refractivity contribution in [3.63, 3.8) is 0 Å². The number of piperidine rings is 1. The monoisotopic (exact) mass is 274 g/mol. The third-order valence-electron chi connectivity index (χ3n) is 3.29. The molecule has 1 aliphatic rings. The molecule has 0 saturated carbocycles. The highest BCUT2D eigenvalue weighted by Crippen LogP contribution is 2.32. The van der Waals surface area contributed by atoms with Crippen LogP contribution < -0.4 is 0 Å². The van der Waals surface area contributed by atoms with Crippen molar-refractivity contribution < 1.29 is 14.0 Å². The maximum atomic E-state index is 13.3. The lowest BCUT2D eigenvalue weighted by Crippen LogP contribution is -2.45. The first-order chi connectivity index (χ1) is 9.30. The fourth-order valence-corrected chi connectivity index (χ4v) is 2.38. The number of halogens is 1. The molecule has 1 aliphatic heterocycles. The number of nitrogens with zero attached hydrogens (tertiary/aromatic N) is 2. The van der Waals surface area contributed by atoms with E-state index < -0.39 is 5.82 Å². The van der Waals surface area contributed by atoms with Gasteiger partial charge in [0, 0.05) is 12.8 Å². The van der Waals surface area contributed by atoms with E-state index in [1.165, 1.54) is 12.1 Å². The predicted octanol–water partition coefficient (Wildman–Crippen LogP) is 2.37. The Kier molecular flexibility index (Phi) is 3.58. The first-order valence-electron chi connectivity index (χ1n) is 6.33. The second kappa shape index (κ2) is 5.04. The summed E-state index contributed by atoms with van der Waals surface area (Å²) in [5, 5.41) is 8.80. The summed E-state index contributed by atoms with van der Waals surface area (Å²) in [5.74, 6) is -1.06. The molecule has 1 aromatic rings. The van der Waals surface area contributed by atoms with E-state index in [0.717, 1.165) is 11.0 Å². The zero-order valence-electron chi connectivity index (χ0n) is 11.4. The third-order valence-corrected chi connectivity index (χ3v) is 3.29. The number of nitriles is 1. The van der Waals surface area contributed by atoms with Crippen molar-refractivity contribution in [2.75, 3.05) is 0 Å². The summed E-state index contributed by atoms with van der Waals surface area (Å²) >= 11 is 0. The van der Waals surface area contributed by atoms with E-state index in [2.05, 4.69) is 0 Å². The zero-order valence-corrected chi connectivity index (χ0v) is 11.4. The van der Waals surface area contributed by atoms with Crippen molar-refractivity contribution in [1.82, 2.24) is 4.90 Å². The molecular weight excluding hydrogens is 259 g/mol. The molecule has 1 heterocycles. The van der Waals surface area contributed by atoms with E-state index in [-0.39, 0.29) is 29.3 Å². The Balaban J connectivity index is 2.22. The van der Waals surface area contributed by atoms with Crippen molar-refractivity contribution in [2.24, 2.45) is 5.41 Å². The predicted molar refractivity (Wildman–Crippen MR) is 69.7 cm³/mol. The molecule has 0 radical (unpaired) electrons. The van der Waals surface area contributed by atoms with Gasteiger partial charge in [-0.05, 0) is 29.2 Å². The van der Waals surface area contributed by atoms with Crippen LogP contribution in [0.15, 0.2) is 18.2 Å². The third kappa shape index (κ3) is 3.02. The van der Waals surface area contributed by atoms with Crippen LogP contribution in [0.5, 0.6) is 0 Å². The van der Waals surface area contributed by atoms with Crippen LogP contribution in [0.25, 0.3) is 0 Å². The highest BCUT2D eigenvalue weighted by atomic mass is 19.1. The van der Waals surface area contributed by atoms with E-state index in [1.807, 2.05) is 19.9 Å². The maximum absolute atomic E-state index is 13.3. The van der Waals surface area contributed by atoms with Gasteiger partial charge >= 0.3 is 0 Å². The molecule has 0 N–H and O–H groups in total. The van der Waals surface area contributed by atoms with Crippen LogP contribution in [0.1, 0.15) is 37.8 Å². The van der Waals surface area contributed by atoms with Crippen LogP contribution in [-0.4, -0.2) is 16.7 Å². The average Bonchev–Trinajstić information content (AvgIpc) is 2.32. The molecular formula is C15H15FN2O2. The molecule has 2 rings (SSSR count). The van der Waals surface area contributed by atoms with Crippen molar-refractivity contribution in [3.8, 4) is 6.07 Å². The normalized spacial score (nSPS) is 18.0. The minimum atomic E-state index is -0.545. The number of hydrogen-bond acceptors (Lipinski definition) is 3. The maximum Gasteiger partial charge on any atom is 0.230 e. The minimum absolute atomic E-state index is 0.0141. The molecule has 4 nitrogen and oxygen atoms in total. The fourth-order valence-electron chi connectivity index (χ4n) is 2.38. The molecule has 0 aliphatic carbocycles. The molecule has 5 heteroatoms. The second-order valence-electron chi connectivity index (χ2n) is 5.85. The van der Waals surface area contributed by atoms with Gasteiger partial charge < -0.3 is 0 Å². The Bertz CT molecular complexity index is 597. The van der Waals surface area contributed by atoms with E-state index in [0.29, 0.717) is 18.4 Å². The quantitative estimate of drug-likeness (QED) is 0.778. The van der Waals surface area contributed by atoms with Crippen LogP contribution in [0, 0.1) is 22.6 Å². The van der Waals surface area contributed by atoms with E-state index in [1.54, 1.807) is 0 Å². The second-order valence-corrected chi connectivity index (χ2v) is 5.85. The molecule has 1 fully saturated rings. The number of imide groups is 1. The lowest BCUT2D eigenvalue weighted by atomic mass is 9.81. The van der Waals surface area contributed by atoms with Crippen LogP contribution in [-0.2, 0) is 16.1 Å². The summed E-state index contributed by atoms with van der Waals surface area (Å²) in [6.07, 6.45) is 0.582. The number of rotatable bonds is 2. The number of carbonyl (C=O) groups excluding carboxylic acids is 2. The van der Waals surface area contributed by atoms with Gasteiger partial charge in [0.05, 0.1) is 18.2 Å². The van der Waals surface area contributed by atoms with Crippen LogP contribution in [0.3, 0.4) is 0 Å². The van der Waals surface area contributed by atoms with Gasteiger partial charge in [-0.2, -0.15) is 5.26 Å². The average molecular weight is 274 g/mol. The van der Waals surface area contributed by atoms with Crippen LogP contribution in [0.4, 0.5) is 4.39 Å². The molecule has 20 heavy (non-hydrogen) atoms. The Morgan fingerprint density at radius 1 is 1.25 bits per heavy atom. The van der Waals surface area contributed by atoms with E-state index in [9.17, 15) is 14.0 Å². The summed E-state index contributed by atoms with van der Waals surface area (Å²) in [6.45, 7) is 3.76. The van der Waals surface area contributed by atoms with Crippen LogP contribution in [0.2, 0.25) is 0 Å². The number of benzene rings is 1. The van der Waals surface area contributed by atoms with Gasteiger partial charge in [0.25, 0.3) is 0 Å². The van der Waals surface area contributed by atoms with Gasteiger partial charge in [0.2, 0.25) is 11.8 Å². The first kappa shape index (κ1) is 14.2. The lowest BCUT2D eigenvalue weighted by Gasteiger charge is -2.34. The molecule has 104 valence electrons. The Morgan fingerprint density at radius 2 is 1.85 bits per heavy atom. The number of carbonyl (C=O) groups is 2. The van der Waals surface area contributed by atoms with Gasteiger partial charge in [-0.3, -0.25) is 14.5 Å². The molecule has 0 atom stereocenters. The smallest absolute Gasteiger partial charge is 0.230 e. The Labute approximate surface area is 116 Å². The highest BCUT2D eigenvalue weighted by Gasteiger charge is 2.37. The van der Waals surface area contributed by atoms with Crippen molar-refractivity contribution in [1.29, 1.82) is 5.26 Å². The van der Waals surface area contributed by atoms with Gasteiger partial charge in [-0.15, -0.1) is 0 Å². The fraction of sp³-hybridized carbons (Fsp3) is 0.400. The van der Waals surface area contributed by atoms with Crippen LogP contribution >= 0.6 is 0 Å². The largest absolute Gasteiger partial charge is 0.278 e. The zero-order chi connectivity index (χ0) is 14.9. The molecule has 0 unspecified atom stereocenters. The van der Waals surface area contributed by atoms with Gasteiger partial charge in [0.15, 0.2) is 0 Å². The van der Waals surface area contributed by atoms with E-state index >= 15 is 0 Å². The Morgan fingerprint density at radius 3 is 2.40 bits per heavy atom.